The number of ether oxygens (including phenoxy) is 3. The molecule has 1 fully saturated rings. The van der Waals surface area contributed by atoms with E-state index >= 15 is 0 Å². The predicted molar refractivity (Wildman–Crippen MR) is 99.1 cm³/mol. The Morgan fingerprint density at radius 1 is 1.21 bits per heavy atom. The van der Waals surface area contributed by atoms with Gasteiger partial charge in [-0.05, 0) is 46.2 Å². The highest BCUT2D eigenvalue weighted by Crippen LogP contribution is 2.31. The fourth-order valence-electron chi connectivity index (χ4n) is 2.88. The van der Waals surface area contributed by atoms with Crippen LogP contribution in [0.1, 0.15) is 44.5 Å². The molecule has 10 heteroatoms. The van der Waals surface area contributed by atoms with Gasteiger partial charge in [0.05, 0.1) is 18.2 Å². The second-order valence-corrected chi connectivity index (χ2v) is 7.56. The van der Waals surface area contributed by atoms with Crippen molar-refractivity contribution < 1.29 is 37.0 Å². The van der Waals surface area contributed by atoms with Crippen LogP contribution in [0.5, 0.6) is 5.75 Å². The molecule has 0 aliphatic carbocycles. The molecule has 0 radical (unpaired) electrons. The minimum atomic E-state index is -4.89. The third kappa shape index (κ3) is 7.35. The summed E-state index contributed by atoms with van der Waals surface area (Å²) in [5.41, 5.74) is -0.323. The van der Waals surface area contributed by atoms with Gasteiger partial charge in [0, 0.05) is 24.8 Å². The van der Waals surface area contributed by atoms with Crippen LogP contribution in [-0.2, 0) is 9.47 Å². The fourth-order valence-corrected chi connectivity index (χ4v) is 2.88. The first-order chi connectivity index (χ1) is 13.4. The molecule has 162 valence electrons. The molecule has 2 rings (SSSR count). The first kappa shape index (κ1) is 22.6. The Kier molecular flexibility index (Phi) is 6.86. The van der Waals surface area contributed by atoms with Crippen molar-refractivity contribution in [2.45, 2.75) is 52.1 Å². The molecule has 1 N–H and O–H groups in total. The minimum absolute atomic E-state index is 0.0489. The number of halogens is 3. The van der Waals surface area contributed by atoms with Crippen LogP contribution in [0.2, 0.25) is 0 Å². The number of alkyl halides is 3. The number of benzene rings is 1. The van der Waals surface area contributed by atoms with Gasteiger partial charge in [0.2, 0.25) is 0 Å². The van der Waals surface area contributed by atoms with Crippen LogP contribution in [0.15, 0.2) is 18.2 Å². The summed E-state index contributed by atoms with van der Waals surface area (Å²) in [4.78, 5) is 25.7. The lowest BCUT2D eigenvalue weighted by Crippen LogP contribution is -2.40. The second-order valence-electron chi connectivity index (χ2n) is 7.56. The summed E-state index contributed by atoms with van der Waals surface area (Å²) in [5.74, 6) is -1.26. The van der Waals surface area contributed by atoms with Gasteiger partial charge in [-0.2, -0.15) is 0 Å². The number of amides is 1. The van der Waals surface area contributed by atoms with Gasteiger partial charge in [0.25, 0.3) is 0 Å². The first-order valence-corrected chi connectivity index (χ1v) is 9.18. The van der Waals surface area contributed by atoms with Crippen molar-refractivity contribution in [3.05, 3.63) is 23.8 Å². The molecule has 1 amide bonds. The SMILES string of the molecule is CCOC(=O)c1cc(OC(F)(F)F)cc(N2CC[C@H](NC(=O)OC(C)(C)C)C2)c1. The zero-order chi connectivity index (χ0) is 21.8. The third-order valence-corrected chi connectivity index (χ3v) is 3.91. The molecule has 1 aromatic carbocycles. The molecule has 0 spiro atoms. The van der Waals surface area contributed by atoms with Crippen molar-refractivity contribution in [1.29, 1.82) is 0 Å². The number of esters is 1. The highest BCUT2D eigenvalue weighted by atomic mass is 19.4. The number of carbonyl (C=O) groups is 2. The van der Waals surface area contributed by atoms with E-state index in [9.17, 15) is 22.8 Å². The Morgan fingerprint density at radius 2 is 1.90 bits per heavy atom. The molecular weight excluding hydrogens is 393 g/mol. The van der Waals surface area contributed by atoms with Crippen molar-refractivity contribution in [2.75, 3.05) is 24.6 Å². The van der Waals surface area contributed by atoms with Gasteiger partial charge in [0.1, 0.15) is 11.4 Å². The number of nitrogens with zero attached hydrogens (tertiary/aromatic N) is 1. The maximum atomic E-state index is 12.7. The average Bonchev–Trinajstić information content (AvgIpc) is 2.99. The van der Waals surface area contributed by atoms with Crippen molar-refractivity contribution in [1.82, 2.24) is 5.32 Å². The van der Waals surface area contributed by atoms with Gasteiger partial charge in [-0.15, -0.1) is 13.2 Å². The largest absolute Gasteiger partial charge is 0.573 e. The Bertz CT molecular complexity index is 746. The minimum Gasteiger partial charge on any atom is -0.462 e. The molecule has 0 bridgehead atoms. The lowest BCUT2D eigenvalue weighted by atomic mass is 10.1. The second kappa shape index (κ2) is 8.79. The Labute approximate surface area is 167 Å². The van der Waals surface area contributed by atoms with Gasteiger partial charge in [-0.1, -0.05) is 0 Å². The summed E-state index contributed by atoms with van der Waals surface area (Å²) in [6, 6.07) is 3.38. The quantitative estimate of drug-likeness (QED) is 0.732. The molecule has 0 unspecified atom stereocenters. The molecule has 1 aliphatic rings. The molecule has 7 nitrogen and oxygen atoms in total. The van der Waals surface area contributed by atoms with Gasteiger partial charge < -0.3 is 24.4 Å². The summed E-state index contributed by atoms with van der Waals surface area (Å²) in [7, 11) is 0. The van der Waals surface area contributed by atoms with E-state index < -0.39 is 29.8 Å². The highest BCUT2D eigenvalue weighted by molar-refractivity contribution is 5.91. The standard InChI is InChI=1S/C19H25F3N2O5/c1-5-27-16(25)12-8-14(10-15(9-12)28-19(20,21)22)24-7-6-13(11-24)23-17(26)29-18(2,3)4/h8-10,13H,5-7,11H2,1-4H3,(H,23,26)/t13-/m0/s1. The van der Waals surface area contributed by atoms with Crippen LogP contribution in [0.3, 0.4) is 0 Å². The van der Waals surface area contributed by atoms with E-state index in [2.05, 4.69) is 10.1 Å². The van der Waals surface area contributed by atoms with Crippen molar-refractivity contribution in [3.8, 4) is 5.75 Å². The zero-order valence-electron chi connectivity index (χ0n) is 16.8. The van der Waals surface area contributed by atoms with E-state index in [0.717, 1.165) is 6.07 Å². The van der Waals surface area contributed by atoms with Crippen LogP contribution >= 0.6 is 0 Å². The van der Waals surface area contributed by atoms with Crippen LogP contribution in [-0.4, -0.2) is 49.8 Å². The normalized spacial score (nSPS) is 17.1. The molecule has 1 saturated heterocycles. The van der Waals surface area contributed by atoms with Gasteiger partial charge in [-0.3, -0.25) is 0 Å². The maximum absolute atomic E-state index is 12.7. The Balaban J connectivity index is 2.16. The van der Waals surface area contributed by atoms with E-state index in [4.69, 9.17) is 9.47 Å². The molecule has 1 aliphatic heterocycles. The fraction of sp³-hybridized carbons (Fsp3) is 0.579. The molecule has 1 atom stereocenters. The van der Waals surface area contributed by atoms with Crippen molar-refractivity contribution in [2.24, 2.45) is 0 Å². The Morgan fingerprint density at radius 3 is 2.48 bits per heavy atom. The number of carbonyl (C=O) groups excluding carboxylic acids is 2. The van der Waals surface area contributed by atoms with Crippen LogP contribution in [0.25, 0.3) is 0 Å². The number of nitrogens with one attached hydrogen (secondary N) is 1. The number of alkyl carbamates (subject to hydrolysis) is 1. The monoisotopic (exact) mass is 418 g/mol. The summed E-state index contributed by atoms with van der Waals surface area (Å²) in [6.07, 6.45) is -4.89. The zero-order valence-corrected chi connectivity index (χ0v) is 16.8. The molecule has 29 heavy (non-hydrogen) atoms. The molecule has 0 saturated carbocycles. The van der Waals surface area contributed by atoms with Crippen LogP contribution in [0, 0.1) is 0 Å². The topological polar surface area (TPSA) is 77.1 Å². The summed E-state index contributed by atoms with van der Waals surface area (Å²) in [5, 5.41) is 2.74. The third-order valence-electron chi connectivity index (χ3n) is 3.91. The van der Waals surface area contributed by atoms with E-state index in [1.807, 2.05) is 0 Å². The summed E-state index contributed by atoms with van der Waals surface area (Å²) in [6.45, 7) is 7.74. The van der Waals surface area contributed by atoms with E-state index in [1.165, 1.54) is 12.1 Å². The lowest BCUT2D eigenvalue weighted by molar-refractivity contribution is -0.274. The summed E-state index contributed by atoms with van der Waals surface area (Å²) >= 11 is 0. The van der Waals surface area contributed by atoms with Crippen LogP contribution in [0.4, 0.5) is 23.7 Å². The van der Waals surface area contributed by atoms with Gasteiger partial charge in [-0.25, -0.2) is 9.59 Å². The number of anilines is 1. The highest BCUT2D eigenvalue weighted by Gasteiger charge is 2.32. The Hall–Kier alpha value is -2.65. The average molecular weight is 418 g/mol. The lowest BCUT2D eigenvalue weighted by Gasteiger charge is -2.23. The van der Waals surface area contributed by atoms with Crippen molar-refractivity contribution in [3.63, 3.8) is 0 Å². The first-order valence-electron chi connectivity index (χ1n) is 9.18. The van der Waals surface area contributed by atoms with Crippen molar-refractivity contribution >= 4 is 17.7 Å². The smallest absolute Gasteiger partial charge is 0.462 e. The summed E-state index contributed by atoms with van der Waals surface area (Å²) < 4.78 is 52.1. The number of rotatable bonds is 5. The molecule has 1 heterocycles. The van der Waals surface area contributed by atoms with Crippen LogP contribution < -0.4 is 15.0 Å². The van der Waals surface area contributed by atoms with E-state index in [0.29, 0.717) is 25.2 Å². The van der Waals surface area contributed by atoms with E-state index in [-0.39, 0.29) is 18.2 Å². The molecule has 0 aromatic heterocycles. The maximum Gasteiger partial charge on any atom is 0.573 e. The number of hydrogen-bond donors (Lipinski definition) is 1. The molecular formula is C19H25F3N2O5. The van der Waals surface area contributed by atoms with E-state index in [1.54, 1.807) is 32.6 Å². The van der Waals surface area contributed by atoms with Gasteiger partial charge in [0.15, 0.2) is 0 Å². The van der Waals surface area contributed by atoms with Gasteiger partial charge >= 0.3 is 18.4 Å². The number of hydrogen-bond acceptors (Lipinski definition) is 6. The predicted octanol–water partition coefficient (Wildman–Crippen LogP) is 3.87. The molecule has 1 aromatic rings.